The van der Waals surface area contributed by atoms with E-state index >= 15 is 0 Å². The lowest BCUT2D eigenvalue weighted by Gasteiger charge is -2.19. The lowest BCUT2D eigenvalue weighted by atomic mass is 9.96. The number of nitrogens with zero attached hydrogens (tertiary/aromatic N) is 2. The van der Waals surface area contributed by atoms with Crippen molar-refractivity contribution in [1.82, 2.24) is 15.6 Å². The maximum Gasteiger partial charge on any atom is 0.191 e. The molecule has 1 heterocycles. The van der Waals surface area contributed by atoms with Crippen LogP contribution in [0.15, 0.2) is 52.1 Å². The van der Waals surface area contributed by atoms with Gasteiger partial charge in [0, 0.05) is 36.2 Å². The molecule has 1 aromatic carbocycles. The van der Waals surface area contributed by atoms with E-state index in [1.807, 2.05) is 6.07 Å². The number of rotatable bonds is 5. The molecule has 0 aliphatic heterocycles. The maximum atomic E-state index is 5.81. The van der Waals surface area contributed by atoms with Crippen molar-refractivity contribution in [1.29, 1.82) is 0 Å². The Kier molecular flexibility index (Phi) is 5.41. The maximum absolute atomic E-state index is 5.81. The standard InChI is InChI=1S/C18H20BrClN4/c1-21-17(23-11-13-5-6-16(20)22-10-13)24-12-18(7-8-18)14-3-2-4-15(19)9-14/h2-6,9-10H,7-8,11-12H2,1H3,(H2,21,23,24). The van der Waals surface area contributed by atoms with Crippen LogP contribution in [0.1, 0.15) is 24.0 Å². The predicted molar refractivity (Wildman–Crippen MR) is 103 cm³/mol. The molecular weight excluding hydrogens is 388 g/mol. The van der Waals surface area contributed by atoms with E-state index in [1.165, 1.54) is 18.4 Å². The summed E-state index contributed by atoms with van der Waals surface area (Å²) in [7, 11) is 1.79. The van der Waals surface area contributed by atoms with E-state index in [0.717, 1.165) is 22.5 Å². The van der Waals surface area contributed by atoms with Gasteiger partial charge in [0.25, 0.3) is 0 Å². The fourth-order valence-electron chi connectivity index (χ4n) is 2.71. The van der Waals surface area contributed by atoms with E-state index in [9.17, 15) is 0 Å². The highest BCUT2D eigenvalue weighted by Gasteiger charge is 2.44. The molecular formula is C18H20BrClN4. The van der Waals surface area contributed by atoms with E-state index in [-0.39, 0.29) is 5.41 Å². The van der Waals surface area contributed by atoms with Crippen LogP contribution in [0.4, 0.5) is 0 Å². The summed E-state index contributed by atoms with van der Waals surface area (Å²) >= 11 is 9.37. The first-order valence-electron chi connectivity index (χ1n) is 7.92. The number of hydrogen-bond donors (Lipinski definition) is 2. The van der Waals surface area contributed by atoms with Crippen LogP contribution in [-0.2, 0) is 12.0 Å². The average Bonchev–Trinajstić information content (AvgIpc) is 3.38. The Morgan fingerprint density at radius 3 is 2.75 bits per heavy atom. The Hall–Kier alpha value is -1.59. The van der Waals surface area contributed by atoms with Crippen LogP contribution < -0.4 is 10.6 Å². The van der Waals surface area contributed by atoms with Gasteiger partial charge >= 0.3 is 0 Å². The summed E-state index contributed by atoms with van der Waals surface area (Å²) in [4.78, 5) is 8.39. The van der Waals surface area contributed by atoms with Crippen LogP contribution in [0.2, 0.25) is 5.15 Å². The summed E-state index contributed by atoms with van der Waals surface area (Å²) < 4.78 is 1.13. The molecule has 1 aromatic heterocycles. The normalized spacial score (nSPS) is 15.9. The van der Waals surface area contributed by atoms with Crippen molar-refractivity contribution in [3.05, 3.63) is 63.3 Å². The highest BCUT2D eigenvalue weighted by atomic mass is 79.9. The highest BCUT2D eigenvalue weighted by molar-refractivity contribution is 9.10. The number of guanidine groups is 1. The van der Waals surface area contributed by atoms with Gasteiger partial charge in [-0.15, -0.1) is 0 Å². The van der Waals surface area contributed by atoms with Crippen molar-refractivity contribution >= 4 is 33.5 Å². The number of pyridine rings is 1. The van der Waals surface area contributed by atoms with Crippen molar-refractivity contribution in [2.45, 2.75) is 24.8 Å². The van der Waals surface area contributed by atoms with E-state index < -0.39 is 0 Å². The Balaban J connectivity index is 1.55. The topological polar surface area (TPSA) is 49.3 Å². The predicted octanol–water partition coefficient (Wildman–Crippen LogP) is 3.89. The second-order valence-corrected chi connectivity index (χ2v) is 7.36. The van der Waals surface area contributed by atoms with Crippen LogP contribution in [-0.4, -0.2) is 24.5 Å². The summed E-state index contributed by atoms with van der Waals surface area (Å²) in [5, 5.41) is 7.27. The van der Waals surface area contributed by atoms with Crippen molar-refractivity contribution in [3.63, 3.8) is 0 Å². The summed E-state index contributed by atoms with van der Waals surface area (Å²) in [6, 6.07) is 12.3. The highest BCUT2D eigenvalue weighted by Crippen LogP contribution is 2.48. The quantitative estimate of drug-likeness (QED) is 0.449. The molecule has 4 nitrogen and oxygen atoms in total. The van der Waals surface area contributed by atoms with E-state index in [2.05, 4.69) is 60.8 Å². The summed E-state index contributed by atoms with van der Waals surface area (Å²) in [5.74, 6) is 0.797. The van der Waals surface area contributed by atoms with Crippen molar-refractivity contribution in [3.8, 4) is 0 Å². The summed E-state index contributed by atoms with van der Waals surface area (Å²) in [6.45, 7) is 1.54. The van der Waals surface area contributed by atoms with Crippen molar-refractivity contribution in [2.75, 3.05) is 13.6 Å². The molecule has 0 bridgehead atoms. The third-order valence-corrected chi connectivity index (χ3v) is 5.07. The van der Waals surface area contributed by atoms with Gasteiger partial charge in [0.2, 0.25) is 0 Å². The van der Waals surface area contributed by atoms with Gasteiger partial charge in [-0.05, 0) is 42.2 Å². The SMILES string of the molecule is CN=C(NCc1ccc(Cl)nc1)NCC1(c2cccc(Br)c2)CC1. The van der Waals surface area contributed by atoms with E-state index in [4.69, 9.17) is 11.6 Å². The number of aliphatic imine (C=N–C) groups is 1. The molecule has 0 atom stereocenters. The molecule has 1 fully saturated rings. The minimum Gasteiger partial charge on any atom is -0.356 e. The molecule has 0 amide bonds. The Morgan fingerprint density at radius 1 is 1.29 bits per heavy atom. The Bertz CT molecular complexity index is 726. The van der Waals surface area contributed by atoms with Gasteiger partial charge in [-0.3, -0.25) is 4.99 Å². The number of benzene rings is 1. The fraction of sp³-hybridized carbons (Fsp3) is 0.333. The first kappa shape index (κ1) is 17.2. The minimum atomic E-state index is 0.225. The van der Waals surface area contributed by atoms with Gasteiger partial charge in [0.05, 0.1) is 0 Å². The van der Waals surface area contributed by atoms with Crippen molar-refractivity contribution < 1.29 is 0 Å². The summed E-state index contributed by atoms with van der Waals surface area (Å²) in [6.07, 6.45) is 4.18. The molecule has 0 radical (unpaired) electrons. The second-order valence-electron chi connectivity index (χ2n) is 6.06. The first-order valence-corrected chi connectivity index (χ1v) is 9.09. The monoisotopic (exact) mass is 406 g/mol. The van der Waals surface area contributed by atoms with Crippen LogP contribution in [0.25, 0.3) is 0 Å². The van der Waals surface area contributed by atoms with Gasteiger partial charge in [-0.25, -0.2) is 4.98 Å². The number of nitrogens with one attached hydrogen (secondary N) is 2. The van der Waals surface area contributed by atoms with E-state index in [1.54, 1.807) is 19.3 Å². The zero-order valence-corrected chi connectivity index (χ0v) is 15.9. The smallest absolute Gasteiger partial charge is 0.191 e. The molecule has 6 heteroatoms. The van der Waals surface area contributed by atoms with Gasteiger partial charge in [0.15, 0.2) is 5.96 Å². The minimum absolute atomic E-state index is 0.225. The largest absolute Gasteiger partial charge is 0.356 e. The number of hydrogen-bond acceptors (Lipinski definition) is 2. The Labute approximate surface area is 155 Å². The zero-order chi connectivity index (χ0) is 17.0. The fourth-order valence-corrected chi connectivity index (χ4v) is 3.22. The van der Waals surface area contributed by atoms with Gasteiger partial charge in [-0.1, -0.05) is 45.7 Å². The molecule has 2 N–H and O–H groups in total. The molecule has 126 valence electrons. The van der Waals surface area contributed by atoms with Gasteiger partial charge in [0.1, 0.15) is 5.15 Å². The lowest BCUT2D eigenvalue weighted by Crippen LogP contribution is -2.40. The first-order chi connectivity index (χ1) is 11.6. The van der Waals surface area contributed by atoms with Crippen LogP contribution >= 0.6 is 27.5 Å². The molecule has 1 saturated carbocycles. The molecule has 1 aliphatic carbocycles. The molecule has 3 rings (SSSR count). The molecule has 24 heavy (non-hydrogen) atoms. The average molecular weight is 408 g/mol. The third-order valence-electron chi connectivity index (χ3n) is 4.36. The number of halogens is 2. The molecule has 2 aromatic rings. The summed E-state index contributed by atoms with van der Waals surface area (Å²) in [5.41, 5.74) is 2.67. The molecule has 1 aliphatic rings. The van der Waals surface area contributed by atoms with Crippen LogP contribution in [0.3, 0.4) is 0 Å². The molecule has 0 spiro atoms. The zero-order valence-electron chi connectivity index (χ0n) is 13.5. The van der Waals surface area contributed by atoms with Gasteiger partial charge in [-0.2, -0.15) is 0 Å². The number of aromatic nitrogens is 1. The molecule has 0 saturated heterocycles. The molecule has 0 unspecified atom stereocenters. The second kappa shape index (κ2) is 7.53. The van der Waals surface area contributed by atoms with Crippen LogP contribution in [0.5, 0.6) is 0 Å². The Morgan fingerprint density at radius 2 is 2.12 bits per heavy atom. The lowest BCUT2D eigenvalue weighted by molar-refractivity contribution is 0.645. The van der Waals surface area contributed by atoms with Crippen molar-refractivity contribution in [2.24, 2.45) is 4.99 Å². The van der Waals surface area contributed by atoms with Gasteiger partial charge < -0.3 is 10.6 Å². The van der Waals surface area contributed by atoms with E-state index in [0.29, 0.717) is 11.7 Å². The third kappa shape index (κ3) is 4.28. The van der Waals surface area contributed by atoms with Crippen LogP contribution in [0, 0.1) is 0 Å².